The molecule has 0 radical (unpaired) electrons. The Labute approximate surface area is 109 Å². The third-order valence-corrected chi connectivity index (χ3v) is 3.61. The Kier molecular flexibility index (Phi) is 3.56. The molecule has 1 spiro atoms. The summed E-state index contributed by atoms with van der Waals surface area (Å²) in [4.78, 5) is 13.7. The Balaban J connectivity index is 1.85. The first kappa shape index (κ1) is 13.6. The van der Waals surface area contributed by atoms with E-state index >= 15 is 0 Å². The van der Waals surface area contributed by atoms with Gasteiger partial charge in [-0.1, -0.05) is 0 Å². The summed E-state index contributed by atoms with van der Waals surface area (Å²) in [5, 5.41) is 0. The minimum absolute atomic E-state index is 0.0229. The summed E-state index contributed by atoms with van der Waals surface area (Å²) in [6.07, 6.45) is 2.62. The summed E-state index contributed by atoms with van der Waals surface area (Å²) in [5.41, 5.74) is 3.61. The number of piperidine rings is 1. The van der Waals surface area contributed by atoms with E-state index in [1.807, 2.05) is 20.8 Å². The number of quaternary nitrogens is 1. The molecule has 104 valence electrons. The second-order valence-corrected chi connectivity index (χ2v) is 6.53. The van der Waals surface area contributed by atoms with Crippen molar-refractivity contribution in [3.05, 3.63) is 0 Å². The molecule has 0 aliphatic carbocycles. The lowest BCUT2D eigenvalue weighted by molar-refractivity contribution is -0.416. The number of carbonyl (C=O) groups excluding carboxylic acids is 1. The van der Waals surface area contributed by atoms with Gasteiger partial charge in [0.1, 0.15) is 11.6 Å². The molecular formula is C13H25N2O3+. The molecule has 0 bridgehead atoms. The highest BCUT2D eigenvalue weighted by Gasteiger charge is 2.44. The first-order valence-corrected chi connectivity index (χ1v) is 6.75. The van der Waals surface area contributed by atoms with Crippen LogP contribution >= 0.6 is 0 Å². The lowest BCUT2D eigenvalue weighted by Crippen LogP contribution is -2.61. The fraction of sp³-hybridized carbons (Fsp3) is 0.923. The third kappa shape index (κ3) is 3.14. The molecule has 0 aromatic rings. The number of hydrogen-bond acceptors (Lipinski definition) is 3. The SMILES string of the molecule is CC(C)(C)OC(=O)N1CCC2(CC1)C[C@@H]([NH3+])CO2. The van der Waals surface area contributed by atoms with Gasteiger partial charge in [-0.15, -0.1) is 0 Å². The van der Waals surface area contributed by atoms with Crippen molar-refractivity contribution in [3.63, 3.8) is 0 Å². The van der Waals surface area contributed by atoms with Crippen LogP contribution in [0.15, 0.2) is 0 Å². The van der Waals surface area contributed by atoms with Gasteiger partial charge in [0.2, 0.25) is 0 Å². The number of likely N-dealkylation sites (tertiary alicyclic amines) is 1. The first-order valence-electron chi connectivity index (χ1n) is 6.75. The van der Waals surface area contributed by atoms with E-state index in [2.05, 4.69) is 5.73 Å². The van der Waals surface area contributed by atoms with Crippen molar-refractivity contribution in [2.45, 2.75) is 57.3 Å². The zero-order valence-corrected chi connectivity index (χ0v) is 11.7. The molecule has 3 N–H and O–H groups in total. The van der Waals surface area contributed by atoms with Crippen LogP contribution in [0.1, 0.15) is 40.0 Å². The largest absolute Gasteiger partial charge is 0.444 e. The van der Waals surface area contributed by atoms with E-state index < -0.39 is 5.60 Å². The van der Waals surface area contributed by atoms with Crippen LogP contribution in [0, 0.1) is 0 Å². The minimum Gasteiger partial charge on any atom is -0.444 e. The lowest BCUT2D eigenvalue weighted by Gasteiger charge is -2.38. The lowest BCUT2D eigenvalue weighted by atomic mass is 9.88. The quantitative estimate of drug-likeness (QED) is 0.697. The smallest absolute Gasteiger partial charge is 0.410 e. The van der Waals surface area contributed by atoms with E-state index in [0.717, 1.165) is 39.0 Å². The average Bonchev–Trinajstić information content (AvgIpc) is 2.58. The van der Waals surface area contributed by atoms with Crippen molar-refractivity contribution in [2.24, 2.45) is 0 Å². The summed E-state index contributed by atoms with van der Waals surface area (Å²) in [7, 11) is 0. The maximum Gasteiger partial charge on any atom is 0.410 e. The Morgan fingerprint density at radius 2 is 2.00 bits per heavy atom. The zero-order chi connectivity index (χ0) is 13.4. The topological polar surface area (TPSA) is 66.4 Å². The number of rotatable bonds is 0. The Morgan fingerprint density at radius 1 is 1.39 bits per heavy atom. The van der Waals surface area contributed by atoms with Crippen LogP contribution in [-0.2, 0) is 9.47 Å². The van der Waals surface area contributed by atoms with Crippen LogP contribution < -0.4 is 5.73 Å². The minimum atomic E-state index is -0.422. The number of hydrogen-bond donors (Lipinski definition) is 1. The molecule has 2 aliphatic rings. The van der Waals surface area contributed by atoms with Gasteiger partial charge in [0.15, 0.2) is 0 Å². The zero-order valence-electron chi connectivity index (χ0n) is 11.7. The molecule has 2 saturated heterocycles. The van der Waals surface area contributed by atoms with Crippen LogP contribution in [0.4, 0.5) is 4.79 Å². The fourth-order valence-corrected chi connectivity index (χ4v) is 2.71. The average molecular weight is 257 g/mol. The molecule has 5 heteroatoms. The van der Waals surface area contributed by atoms with Gasteiger partial charge in [-0.05, 0) is 33.6 Å². The molecule has 1 amide bonds. The van der Waals surface area contributed by atoms with Crippen LogP contribution in [0.25, 0.3) is 0 Å². The second kappa shape index (κ2) is 4.70. The number of ether oxygens (including phenoxy) is 2. The van der Waals surface area contributed by atoms with Crippen molar-refractivity contribution in [2.75, 3.05) is 19.7 Å². The molecule has 0 saturated carbocycles. The van der Waals surface area contributed by atoms with E-state index in [0.29, 0.717) is 6.04 Å². The molecule has 2 rings (SSSR count). The fourth-order valence-electron chi connectivity index (χ4n) is 2.71. The maximum absolute atomic E-state index is 11.9. The van der Waals surface area contributed by atoms with Gasteiger partial charge in [-0.3, -0.25) is 0 Å². The Bertz CT molecular complexity index is 317. The molecule has 0 aromatic carbocycles. The summed E-state index contributed by atoms with van der Waals surface area (Å²) in [5.74, 6) is 0. The molecule has 2 fully saturated rings. The van der Waals surface area contributed by atoms with Gasteiger partial charge in [0, 0.05) is 19.5 Å². The molecule has 0 unspecified atom stereocenters. The second-order valence-electron chi connectivity index (χ2n) is 6.53. The van der Waals surface area contributed by atoms with E-state index in [1.54, 1.807) is 4.90 Å². The predicted molar refractivity (Wildman–Crippen MR) is 67.0 cm³/mol. The standard InChI is InChI=1S/C13H24N2O3/c1-12(2,3)18-11(16)15-6-4-13(5-7-15)8-10(14)9-17-13/h10H,4-9,14H2,1-3H3/p+1/t10-/m1/s1. The number of nitrogens with zero attached hydrogens (tertiary/aromatic N) is 1. The Morgan fingerprint density at radius 3 is 2.44 bits per heavy atom. The van der Waals surface area contributed by atoms with Gasteiger partial charge in [0.25, 0.3) is 0 Å². The van der Waals surface area contributed by atoms with E-state index in [1.165, 1.54) is 0 Å². The van der Waals surface area contributed by atoms with Gasteiger partial charge >= 0.3 is 6.09 Å². The number of amides is 1. The molecular weight excluding hydrogens is 232 g/mol. The van der Waals surface area contributed by atoms with Gasteiger partial charge in [0.05, 0.1) is 12.2 Å². The molecule has 1 atom stereocenters. The monoisotopic (exact) mass is 257 g/mol. The highest BCUT2D eigenvalue weighted by molar-refractivity contribution is 5.68. The van der Waals surface area contributed by atoms with Gasteiger partial charge in [-0.2, -0.15) is 0 Å². The van der Waals surface area contributed by atoms with Crippen molar-refractivity contribution in [3.8, 4) is 0 Å². The maximum atomic E-state index is 11.9. The number of carbonyl (C=O) groups is 1. The predicted octanol–water partition coefficient (Wildman–Crippen LogP) is 0.787. The van der Waals surface area contributed by atoms with Crippen LogP contribution in [-0.4, -0.2) is 47.9 Å². The molecule has 2 heterocycles. The van der Waals surface area contributed by atoms with Crippen molar-refractivity contribution < 1.29 is 20.0 Å². The van der Waals surface area contributed by atoms with Crippen LogP contribution in [0.5, 0.6) is 0 Å². The molecule has 0 aromatic heterocycles. The van der Waals surface area contributed by atoms with Gasteiger partial charge < -0.3 is 20.1 Å². The Hall–Kier alpha value is -0.810. The van der Waals surface area contributed by atoms with E-state index in [4.69, 9.17) is 9.47 Å². The van der Waals surface area contributed by atoms with Crippen LogP contribution in [0.2, 0.25) is 0 Å². The van der Waals surface area contributed by atoms with E-state index in [9.17, 15) is 4.79 Å². The summed E-state index contributed by atoms with van der Waals surface area (Å²) in [6, 6.07) is 0.401. The van der Waals surface area contributed by atoms with Crippen LogP contribution in [0.3, 0.4) is 0 Å². The summed E-state index contributed by atoms with van der Waals surface area (Å²) < 4.78 is 11.3. The first-order chi connectivity index (χ1) is 8.30. The third-order valence-electron chi connectivity index (χ3n) is 3.61. The van der Waals surface area contributed by atoms with Crippen molar-refractivity contribution >= 4 is 6.09 Å². The van der Waals surface area contributed by atoms with E-state index in [-0.39, 0.29) is 11.7 Å². The normalized spacial score (nSPS) is 27.6. The van der Waals surface area contributed by atoms with Crippen molar-refractivity contribution in [1.29, 1.82) is 0 Å². The highest BCUT2D eigenvalue weighted by atomic mass is 16.6. The molecule has 18 heavy (non-hydrogen) atoms. The highest BCUT2D eigenvalue weighted by Crippen LogP contribution is 2.35. The van der Waals surface area contributed by atoms with Gasteiger partial charge in [-0.25, -0.2) is 4.79 Å². The summed E-state index contributed by atoms with van der Waals surface area (Å²) in [6.45, 7) is 7.88. The van der Waals surface area contributed by atoms with Crippen molar-refractivity contribution in [1.82, 2.24) is 4.90 Å². The molecule has 5 nitrogen and oxygen atoms in total. The molecule has 2 aliphatic heterocycles. The summed E-state index contributed by atoms with van der Waals surface area (Å²) >= 11 is 0.